The van der Waals surface area contributed by atoms with Crippen molar-refractivity contribution in [2.45, 2.75) is 38.8 Å². The van der Waals surface area contributed by atoms with Crippen LogP contribution in [-0.4, -0.2) is 11.9 Å². The number of benzene rings is 1. The van der Waals surface area contributed by atoms with E-state index >= 15 is 0 Å². The van der Waals surface area contributed by atoms with Gasteiger partial charge < -0.3 is 5.73 Å². The van der Waals surface area contributed by atoms with Gasteiger partial charge in [-0.2, -0.15) is 0 Å². The minimum atomic E-state index is -1.29. The molecule has 0 fully saturated rings. The number of amides is 1. The number of halogens is 2. The average molecular weight is 256 g/mol. The number of primary amides is 1. The van der Waals surface area contributed by atoms with E-state index in [4.69, 9.17) is 5.73 Å². The van der Waals surface area contributed by atoms with Gasteiger partial charge in [0.05, 0.1) is 0 Å². The third-order valence-electron chi connectivity index (χ3n) is 3.08. The van der Waals surface area contributed by atoms with Crippen LogP contribution in [0.5, 0.6) is 0 Å². The second-order valence-corrected chi connectivity index (χ2v) is 4.60. The van der Waals surface area contributed by atoms with Crippen LogP contribution in [0.4, 0.5) is 8.78 Å². The molecule has 0 aliphatic heterocycles. The largest absolute Gasteiger partial charge is 0.368 e. The molecule has 0 heterocycles. The first-order chi connectivity index (χ1) is 8.29. The maximum Gasteiger partial charge on any atom is 0.242 e. The van der Waals surface area contributed by atoms with Crippen LogP contribution in [-0.2, 0) is 10.3 Å². The lowest BCUT2D eigenvalue weighted by Crippen LogP contribution is -2.53. The molecule has 2 atom stereocenters. The second kappa shape index (κ2) is 5.44. The van der Waals surface area contributed by atoms with Gasteiger partial charge in [0.25, 0.3) is 0 Å². The predicted octanol–water partition coefficient (Wildman–Crippen LogP) is 2.05. The van der Waals surface area contributed by atoms with Crippen molar-refractivity contribution in [3.05, 3.63) is 35.4 Å². The van der Waals surface area contributed by atoms with Crippen molar-refractivity contribution in [2.75, 3.05) is 0 Å². The predicted molar refractivity (Wildman–Crippen MR) is 65.8 cm³/mol. The van der Waals surface area contributed by atoms with Crippen LogP contribution < -0.4 is 11.1 Å². The Hall–Kier alpha value is -1.49. The van der Waals surface area contributed by atoms with Crippen molar-refractivity contribution < 1.29 is 13.6 Å². The first-order valence-electron chi connectivity index (χ1n) is 5.83. The monoisotopic (exact) mass is 256 g/mol. The highest BCUT2D eigenvalue weighted by atomic mass is 19.1. The summed E-state index contributed by atoms with van der Waals surface area (Å²) in [4.78, 5) is 11.6. The summed E-state index contributed by atoms with van der Waals surface area (Å²) in [7, 11) is 0. The van der Waals surface area contributed by atoms with Crippen LogP contribution in [0.3, 0.4) is 0 Å². The highest BCUT2D eigenvalue weighted by molar-refractivity contribution is 5.85. The van der Waals surface area contributed by atoms with Crippen LogP contribution in [0.1, 0.15) is 32.8 Å². The van der Waals surface area contributed by atoms with E-state index in [-0.39, 0.29) is 11.6 Å². The fourth-order valence-corrected chi connectivity index (χ4v) is 1.73. The second-order valence-electron chi connectivity index (χ2n) is 4.60. The van der Waals surface area contributed by atoms with Crippen LogP contribution in [0.2, 0.25) is 0 Å². The SMILES string of the molecule is CCC(C)NC(C)(C(N)=O)c1cc(F)cc(F)c1. The van der Waals surface area contributed by atoms with Crippen LogP contribution in [0, 0.1) is 11.6 Å². The molecule has 0 aromatic heterocycles. The molecule has 1 aromatic carbocycles. The molecule has 18 heavy (non-hydrogen) atoms. The Morgan fingerprint density at radius 2 is 1.89 bits per heavy atom. The van der Waals surface area contributed by atoms with Crippen LogP contribution in [0.15, 0.2) is 18.2 Å². The Bertz CT molecular complexity index is 430. The zero-order valence-corrected chi connectivity index (χ0v) is 10.8. The topological polar surface area (TPSA) is 55.1 Å². The lowest BCUT2D eigenvalue weighted by Gasteiger charge is -2.31. The highest BCUT2D eigenvalue weighted by Gasteiger charge is 2.34. The molecule has 3 N–H and O–H groups in total. The van der Waals surface area contributed by atoms with E-state index < -0.39 is 23.1 Å². The first kappa shape index (κ1) is 14.6. The summed E-state index contributed by atoms with van der Waals surface area (Å²) >= 11 is 0. The van der Waals surface area contributed by atoms with E-state index in [9.17, 15) is 13.6 Å². The maximum atomic E-state index is 13.2. The molecule has 0 bridgehead atoms. The van der Waals surface area contributed by atoms with Gasteiger partial charge in [-0.15, -0.1) is 0 Å². The molecule has 0 aliphatic rings. The van der Waals surface area contributed by atoms with E-state index in [1.165, 1.54) is 6.92 Å². The Balaban J connectivity index is 3.22. The maximum absolute atomic E-state index is 13.2. The number of nitrogens with one attached hydrogen (secondary N) is 1. The van der Waals surface area contributed by atoms with Gasteiger partial charge in [-0.25, -0.2) is 8.78 Å². The molecule has 0 saturated heterocycles. The molecule has 0 radical (unpaired) electrons. The Morgan fingerprint density at radius 1 is 1.39 bits per heavy atom. The quantitative estimate of drug-likeness (QED) is 0.847. The lowest BCUT2D eigenvalue weighted by atomic mass is 9.90. The molecule has 1 aromatic rings. The molecule has 0 spiro atoms. The van der Waals surface area contributed by atoms with Crippen molar-refractivity contribution in [3.8, 4) is 0 Å². The van der Waals surface area contributed by atoms with Crippen molar-refractivity contribution >= 4 is 5.91 Å². The van der Waals surface area contributed by atoms with E-state index in [0.717, 1.165) is 24.6 Å². The van der Waals surface area contributed by atoms with Crippen molar-refractivity contribution in [2.24, 2.45) is 5.73 Å². The third kappa shape index (κ3) is 3.04. The molecule has 3 nitrogen and oxygen atoms in total. The van der Waals surface area contributed by atoms with Gasteiger partial charge in [-0.05, 0) is 38.0 Å². The standard InChI is InChI=1S/C13H18F2N2O/c1-4-8(2)17-13(3,12(16)18)9-5-10(14)7-11(15)6-9/h5-8,17H,4H2,1-3H3,(H2,16,18). The zero-order valence-electron chi connectivity index (χ0n) is 10.8. The fraction of sp³-hybridized carbons (Fsp3) is 0.462. The average Bonchev–Trinajstić information content (AvgIpc) is 2.27. The Morgan fingerprint density at radius 3 is 2.28 bits per heavy atom. The molecule has 100 valence electrons. The molecular formula is C13H18F2N2O. The molecule has 2 unspecified atom stereocenters. The summed E-state index contributed by atoms with van der Waals surface area (Å²) in [5, 5.41) is 3.01. The van der Waals surface area contributed by atoms with E-state index in [0.29, 0.717) is 0 Å². The number of nitrogens with two attached hydrogens (primary N) is 1. The zero-order chi connectivity index (χ0) is 13.9. The molecule has 1 rings (SSSR count). The minimum Gasteiger partial charge on any atom is -0.368 e. The van der Waals surface area contributed by atoms with Gasteiger partial charge in [0.15, 0.2) is 0 Å². The van der Waals surface area contributed by atoms with E-state index in [1.807, 2.05) is 13.8 Å². The number of carbonyl (C=O) groups excluding carboxylic acids is 1. The van der Waals surface area contributed by atoms with Gasteiger partial charge in [0.1, 0.15) is 17.2 Å². The van der Waals surface area contributed by atoms with E-state index in [1.54, 1.807) is 0 Å². The van der Waals surface area contributed by atoms with E-state index in [2.05, 4.69) is 5.32 Å². The summed E-state index contributed by atoms with van der Waals surface area (Å²) in [6.07, 6.45) is 0.765. The lowest BCUT2D eigenvalue weighted by molar-refractivity contribution is -0.124. The third-order valence-corrected chi connectivity index (χ3v) is 3.08. The van der Waals surface area contributed by atoms with Crippen molar-refractivity contribution in [1.29, 1.82) is 0 Å². The Labute approximate surface area is 105 Å². The molecule has 1 amide bonds. The smallest absolute Gasteiger partial charge is 0.242 e. The Kier molecular flexibility index (Phi) is 4.40. The summed E-state index contributed by atoms with van der Waals surface area (Å²) in [6, 6.07) is 2.98. The van der Waals surface area contributed by atoms with Gasteiger partial charge in [0.2, 0.25) is 5.91 Å². The molecule has 5 heteroatoms. The molecular weight excluding hydrogens is 238 g/mol. The van der Waals surface area contributed by atoms with Gasteiger partial charge in [-0.3, -0.25) is 10.1 Å². The number of rotatable bonds is 5. The van der Waals surface area contributed by atoms with Gasteiger partial charge >= 0.3 is 0 Å². The van der Waals surface area contributed by atoms with Crippen LogP contribution >= 0.6 is 0 Å². The summed E-state index contributed by atoms with van der Waals surface area (Å²) in [5.74, 6) is -2.14. The van der Waals surface area contributed by atoms with Crippen molar-refractivity contribution in [1.82, 2.24) is 5.32 Å². The number of carbonyl (C=O) groups is 1. The first-order valence-corrected chi connectivity index (χ1v) is 5.83. The number of hydrogen-bond donors (Lipinski definition) is 2. The van der Waals surface area contributed by atoms with Gasteiger partial charge in [0, 0.05) is 12.1 Å². The summed E-state index contributed by atoms with van der Waals surface area (Å²) in [5.41, 5.74) is 4.25. The highest BCUT2D eigenvalue weighted by Crippen LogP contribution is 2.23. The van der Waals surface area contributed by atoms with Gasteiger partial charge in [-0.1, -0.05) is 6.92 Å². The van der Waals surface area contributed by atoms with Crippen LogP contribution in [0.25, 0.3) is 0 Å². The molecule has 0 saturated carbocycles. The number of hydrogen-bond acceptors (Lipinski definition) is 2. The van der Waals surface area contributed by atoms with Crippen molar-refractivity contribution in [3.63, 3.8) is 0 Å². The minimum absolute atomic E-state index is 0.00571. The molecule has 0 aliphatic carbocycles. The normalized spacial score (nSPS) is 16.1. The summed E-state index contributed by atoms with van der Waals surface area (Å²) < 4.78 is 26.4. The fourth-order valence-electron chi connectivity index (χ4n) is 1.73. The summed E-state index contributed by atoms with van der Waals surface area (Å²) in [6.45, 7) is 5.33.